The lowest BCUT2D eigenvalue weighted by Crippen LogP contribution is -2.47. The van der Waals surface area contributed by atoms with Gasteiger partial charge in [-0.2, -0.15) is 0 Å². The molecule has 2 atom stereocenters. The molecule has 9 heteroatoms. The normalized spacial score (nSPS) is 16.6. The van der Waals surface area contributed by atoms with Gasteiger partial charge in [0.2, 0.25) is 0 Å². The lowest BCUT2D eigenvalue weighted by molar-refractivity contribution is 0.0459. The zero-order valence-corrected chi connectivity index (χ0v) is 24.3. The number of carbonyl (C=O) groups is 2. The Kier molecular flexibility index (Phi) is 9.66. The summed E-state index contributed by atoms with van der Waals surface area (Å²) in [7, 11) is 2.03. The van der Waals surface area contributed by atoms with Crippen LogP contribution in [0.5, 0.6) is 17.2 Å². The largest absolute Gasteiger partial charge is 0.486 e. The van der Waals surface area contributed by atoms with Crippen molar-refractivity contribution in [2.75, 3.05) is 38.6 Å². The Morgan fingerprint density at radius 3 is 2.47 bits per heavy atom. The minimum atomic E-state index is -0.331. The second-order valence-corrected chi connectivity index (χ2v) is 10.7. The molecule has 0 saturated carbocycles. The number of nitrogens with zero attached hydrogens (tertiary/aromatic N) is 3. The average Bonchev–Trinajstić information content (AvgIpc) is 3.02. The van der Waals surface area contributed by atoms with E-state index in [-0.39, 0.29) is 37.0 Å². The van der Waals surface area contributed by atoms with Crippen molar-refractivity contribution in [2.45, 2.75) is 19.6 Å². The molecule has 0 aliphatic carbocycles. The fraction of sp³-hybridized carbons (Fsp3) is 0.265. The molecule has 5 rings (SSSR count). The number of aliphatic hydroxyl groups is 1. The van der Waals surface area contributed by atoms with E-state index in [0.29, 0.717) is 42.2 Å². The van der Waals surface area contributed by atoms with Crippen molar-refractivity contribution in [3.63, 3.8) is 0 Å². The van der Waals surface area contributed by atoms with E-state index in [1.54, 1.807) is 47.6 Å². The highest BCUT2D eigenvalue weighted by molar-refractivity contribution is 6.07. The van der Waals surface area contributed by atoms with Crippen LogP contribution < -0.4 is 14.8 Å². The summed E-state index contributed by atoms with van der Waals surface area (Å²) >= 11 is 0. The van der Waals surface area contributed by atoms with Crippen LogP contribution in [0.15, 0.2) is 97.3 Å². The number of aliphatic hydroxyl groups excluding tert-OH is 1. The highest BCUT2D eigenvalue weighted by Gasteiger charge is 2.32. The number of hydrogen-bond acceptors (Lipinski definition) is 7. The number of ether oxygens (including phenoxy) is 2. The fourth-order valence-corrected chi connectivity index (χ4v) is 5.12. The monoisotopic (exact) mass is 580 g/mol. The molecule has 2 unspecified atom stereocenters. The first-order chi connectivity index (χ1) is 20.9. The van der Waals surface area contributed by atoms with Crippen LogP contribution in [-0.2, 0) is 6.54 Å². The Hall–Kier alpha value is -4.73. The van der Waals surface area contributed by atoms with Gasteiger partial charge in [-0.15, -0.1) is 0 Å². The maximum atomic E-state index is 13.5. The Morgan fingerprint density at radius 1 is 1.02 bits per heavy atom. The van der Waals surface area contributed by atoms with Crippen molar-refractivity contribution in [3.8, 4) is 17.2 Å². The first-order valence-electron chi connectivity index (χ1n) is 14.3. The molecule has 43 heavy (non-hydrogen) atoms. The van der Waals surface area contributed by atoms with Crippen LogP contribution in [0.4, 0.5) is 5.69 Å². The SMILES string of the molecule is CC1CN(CCO)C(=O)c2cccc(NC(=O)c3ccncc3)c2OC1CN(C)Cc1ccc(Oc2ccccc2)cc1. The molecule has 3 aromatic carbocycles. The van der Waals surface area contributed by atoms with Gasteiger partial charge in [0.25, 0.3) is 11.8 Å². The minimum absolute atomic E-state index is 0.0586. The standard InChI is InChI=1S/C34H36N4O5/c1-24-21-38(19-20-39)34(41)29-9-6-10-30(36-33(40)26-15-17-35-18-16-26)32(29)43-31(24)23-37(2)22-25-11-13-28(14-12-25)42-27-7-4-3-5-8-27/h3-18,24,31,39H,19-23H2,1-2H3,(H,36,40). The van der Waals surface area contributed by atoms with E-state index in [0.717, 1.165) is 17.1 Å². The number of anilines is 1. The summed E-state index contributed by atoms with van der Waals surface area (Å²) in [6.45, 7) is 3.75. The molecular formula is C34H36N4O5. The predicted molar refractivity (Wildman–Crippen MR) is 164 cm³/mol. The number of nitrogens with one attached hydrogen (secondary N) is 1. The molecule has 9 nitrogen and oxygen atoms in total. The topological polar surface area (TPSA) is 104 Å². The predicted octanol–water partition coefficient (Wildman–Crippen LogP) is 5.09. The highest BCUT2D eigenvalue weighted by atomic mass is 16.5. The molecule has 1 aliphatic rings. The number of likely N-dealkylation sites (N-methyl/N-ethyl adjacent to an activating group) is 1. The molecule has 4 aromatic rings. The molecule has 0 radical (unpaired) electrons. The number of hydrogen-bond donors (Lipinski definition) is 2. The molecule has 1 aromatic heterocycles. The van der Waals surface area contributed by atoms with Gasteiger partial charge in [0, 0.05) is 50.1 Å². The molecule has 1 aliphatic heterocycles. The number of rotatable bonds is 10. The first kappa shape index (κ1) is 29.8. The van der Waals surface area contributed by atoms with Gasteiger partial charge < -0.3 is 24.8 Å². The summed E-state index contributed by atoms with van der Waals surface area (Å²) < 4.78 is 12.5. The number of pyridine rings is 1. The highest BCUT2D eigenvalue weighted by Crippen LogP contribution is 2.35. The van der Waals surface area contributed by atoms with E-state index >= 15 is 0 Å². The maximum Gasteiger partial charge on any atom is 0.257 e. The lowest BCUT2D eigenvalue weighted by atomic mass is 9.99. The fourth-order valence-electron chi connectivity index (χ4n) is 5.12. The summed E-state index contributed by atoms with van der Waals surface area (Å²) in [6, 6.07) is 26.0. The van der Waals surface area contributed by atoms with E-state index in [9.17, 15) is 14.7 Å². The van der Waals surface area contributed by atoms with Gasteiger partial charge in [-0.3, -0.25) is 19.5 Å². The van der Waals surface area contributed by atoms with Crippen LogP contribution in [0, 0.1) is 5.92 Å². The van der Waals surface area contributed by atoms with E-state index in [1.807, 2.05) is 68.6 Å². The molecule has 0 bridgehead atoms. The Balaban J connectivity index is 1.34. The van der Waals surface area contributed by atoms with Gasteiger partial charge in [-0.25, -0.2) is 0 Å². The molecule has 0 fully saturated rings. The number of aromatic nitrogens is 1. The first-order valence-corrected chi connectivity index (χ1v) is 14.3. The van der Waals surface area contributed by atoms with Gasteiger partial charge >= 0.3 is 0 Å². The smallest absolute Gasteiger partial charge is 0.257 e. The van der Waals surface area contributed by atoms with Gasteiger partial charge in [0.1, 0.15) is 17.6 Å². The quantitative estimate of drug-likeness (QED) is 0.269. The van der Waals surface area contributed by atoms with E-state index in [4.69, 9.17) is 9.47 Å². The van der Waals surface area contributed by atoms with Crippen molar-refractivity contribution in [1.29, 1.82) is 0 Å². The average molecular weight is 581 g/mol. The number of carbonyl (C=O) groups excluding carboxylic acids is 2. The van der Waals surface area contributed by atoms with Gasteiger partial charge in [-0.05, 0) is 61.1 Å². The third-order valence-corrected chi connectivity index (χ3v) is 7.35. The van der Waals surface area contributed by atoms with Crippen molar-refractivity contribution < 1.29 is 24.2 Å². The second kappa shape index (κ2) is 14.0. The molecule has 2 N–H and O–H groups in total. The molecule has 2 heterocycles. The zero-order chi connectivity index (χ0) is 30.2. The lowest BCUT2D eigenvalue weighted by Gasteiger charge is -2.36. The van der Waals surface area contributed by atoms with E-state index in [1.165, 1.54) is 0 Å². The van der Waals surface area contributed by atoms with Crippen molar-refractivity contribution in [2.24, 2.45) is 5.92 Å². The van der Waals surface area contributed by atoms with Crippen molar-refractivity contribution in [1.82, 2.24) is 14.8 Å². The Bertz CT molecular complexity index is 1520. The van der Waals surface area contributed by atoms with Gasteiger partial charge in [0.05, 0.1) is 17.9 Å². The van der Waals surface area contributed by atoms with Gasteiger partial charge in [-0.1, -0.05) is 43.3 Å². The molecule has 0 spiro atoms. The van der Waals surface area contributed by atoms with Crippen LogP contribution in [0.3, 0.4) is 0 Å². The number of β-amino-alcohol motifs (C(OH)–C–C–N with tert-alkyl or cyclic N) is 1. The molecule has 222 valence electrons. The third kappa shape index (κ3) is 7.57. The second-order valence-electron chi connectivity index (χ2n) is 10.7. The summed E-state index contributed by atoms with van der Waals surface area (Å²) in [4.78, 5) is 34.4. The van der Waals surface area contributed by atoms with Crippen molar-refractivity contribution in [3.05, 3.63) is 114 Å². The number of para-hydroxylation sites is 2. The van der Waals surface area contributed by atoms with Crippen LogP contribution in [-0.4, -0.2) is 71.1 Å². The summed E-state index contributed by atoms with van der Waals surface area (Å²) in [5.74, 6) is 1.24. The Labute approximate surface area is 251 Å². The number of fused-ring (bicyclic) bond motifs is 1. The van der Waals surface area contributed by atoms with E-state index < -0.39 is 0 Å². The summed E-state index contributed by atoms with van der Waals surface area (Å²) in [5, 5.41) is 12.6. The number of benzene rings is 3. The number of amides is 2. The third-order valence-electron chi connectivity index (χ3n) is 7.35. The molecule has 2 amide bonds. The summed E-state index contributed by atoms with van der Waals surface area (Å²) in [6.07, 6.45) is 2.79. The zero-order valence-electron chi connectivity index (χ0n) is 24.3. The summed E-state index contributed by atoms with van der Waals surface area (Å²) in [5.41, 5.74) is 2.31. The minimum Gasteiger partial charge on any atom is -0.486 e. The molecular weight excluding hydrogens is 544 g/mol. The van der Waals surface area contributed by atoms with E-state index in [2.05, 4.69) is 15.2 Å². The van der Waals surface area contributed by atoms with Crippen LogP contribution >= 0.6 is 0 Å². The van der Waals surface area contributed by atoms with Gasteiger partial charge in [0.15, 0.2) is 5.75 Å². The molecule has 0 saturated heterocycles. The van der Waals surface area contributed by atoms with Crippen LogP contribution in [0.2, 0.25) is 0 Å². The van der Waals surface area contributed by atoms with Crippen LogP contribution in [0.1, 0.15) is 33.2 Å². The van der Waals surface area contributed by atoms with Crippen LogP contribution in [0.25, 0.3) is 0 Å². The maximum absolute atomic E-state index is 13.5. The Morgan fingerprint density at radius 2 is 1.74 bits per heavy atom. The van der Waals surface area contributed by atoms with Crippen molar-refractivity contribution >= 4 is 17.5 Å².